The molecule has 86 valence electrons. The zero-order valence-electron chi connectivity index (χ0n) is 8.76. The van der Waals surface area contributed by atoms with Crippen LogP contribution in [-0.2, 0) is 4.79 Å². The van der Waals surface area contributed by atoms with Crippen LogP contribution in [-0.4, -0.2) is 11.1 Å². The first-order chi connectivity index (χ1) is 8.16. The third kappa shape index (κ3) is 3.05. The van der Waals surface area contributed by atoms with Crippen molar-refractivity contribution in [2.45, 2.75) is 0 Å². The van der Waals surface area contributed by atoms with Crippen LogP contribution >= 0.6 is 27.3 Å². The van der Waals surface area contributed by atoms with E-state index in [-0.39, 0.29) is 0 Å². The van der Waals surface area contributed by atoms with E-state index in [4.69, 9.17) is 0 Å². The maximum Gasteiger partial charge on any atom is 0.336 e. The zero-order chi connectivity index (χ0) is 12.3. The van der Waals surface area contributed by atoms with E-state index in [2.05, 4.69) is 15.9 Å². The fraction of sp³-hybridized carbons (Fsp3) is 0. The lowest BCUT2D eigenvalue weighted by molar-refractivity contribution is -0.130. The molecule has 1 N–H and O–H groups in total. The van der Waals surface area contributed by atoms with Gasteiger partial charge in [-0.3, -0.25) is 0 Å². The molecule has 0 unspecified atom stereocenters. The number of carbonyl (C=O) groups is 1. The number of carboxylic acid groups (broad SMARTS) is 1. The van der Waals surface area contributed by atoms with Crippen LogP contribution < -0.4 is 0 Å². The Morgan fingerprint density at radius 1 is 1.24 bits per heavy atom. The van der Waals surface area contributed by atoms with Crippen molar-refractivity contribution >= 4 is 44.9 Å². The summed E-state index contributed by atoms with van der Waals surface area (Å²) in [6.07, 6.45) is 1.68. The highest BCUT2D eigenvalue weighted by Gasteiger charge is 2.10. The summed E-state index contributed by atoms with van der Waals surface area (Å²) in [6.45, 7) is 0. The number of thiophene rings is 1. The Hall–Kier alpha value is -1.39. The van der Waals surface area contributed by atoms with Crippen molar-refractivity contribution in [3.63, 3.8) is 0 Å². The molecule has 0 aliphatic heterocycles. The second kappa shape index (κ2) is 5.29. The Balaban J connectivity index is 2.43. The van der Waals surface area contributed by atoms with Gasteiger partial charge in [-0.05, 0) is 46.2 Å². The zero-order valence-corrected chi connectivity index (χ0v) is 11.2. The van der Waals surface area contributed by atoms with Crippen LogP contribution in [0.4, 0.5) is 0 Å². The summed E-state index contributed by atoms with van der Waals surface area (Å²) in [6, 6.07) is 9.14. The number of carboxylic acids is 1. The van der Waals surface area contributed by atoms with Crippen LogP contribution in [0, 0.1) is 0 Å². The maximum absolute atomic E-state index is 11.2. The van der Waals surface area contributed by atoms with Gasteiger partial charge in [0.15, 0.2) is 0 Å². The number of rotatable bonds is 3. The van der Waals surface area contributed by atoms with Crippen LogP contribution in [0.3, 0.4) is 0 Å². The normalized spacial score (nSPS) is 11.5. The van der Waals surface area contributed by atoms with Crippen LogP contribution in [0.2, 0.25) is 0 Å². The van der Waals surface area contributed by atoms with Crippen LogP contribution in [0.5, 0.6) is 0 Å². The third-order valence-electron chi connectivity index (χ3n) is 2.24. The summed E-state index contributed by atoms with van der Waals surface area (Å²) < 4.78 is 0.932. The average Bonchev–Trinajstić information content (AvgIpc) is 2.80. The lowest BCUT2D eigenvalue weighted by Gasteiger charge is -2.02. The van der Waals surface area contributed by atoms with E-state index >= 15 is 0 Å². The highest BCUT2D eigenvalue weighted by molar-refractivity contribution is 9.10. The van der Waals surface area contributed by atoms with Gasteiger partial charge in [0.1, 0.15) is 0 Å². The summed E-state index contributed by atoms with van der Waals surface area (Å²) in [5.41, 5.74) is 1.91. The number of halogens is 1. The molecule has 1 aromatic carbocycles. The lowest BCUT2D eigenvalue weighted by atomic mass is 10.0. The monoisotopic (exact) mass is 308 g/mol. The van der Waals surface area contributed by atoms with Gasteiger partial charge < -0.3 is 5.11 Å². The molecule has 0 fully saturated rings. The van der Waals surface area contributed by atoms with E-state index in [1.54, 1.807) is 29.5 Å². The maximum atomic E-state index is 11.2. The molecule has 0 spiro atoms. The second-order valence-corrected chi connectivity index (χ2v) is 5.12. The van der Waals surface area contributed by atoms with Crippen LogP contribution in [0.1, 0.15) is 11.1 Å². The van der Waals surface area contributed by atoms with Crippen molar-refractivity contribution in [1.29, 1.82) is 0 Å². The molecule has 0 bridgehead atoms. The van der Waals surface area contributed by atoms with Gasteiger partial charge in [0.25, 0.3) is 0 Å². The molecule has 0 atom stereocenters. The third-order valence-corrected chi connectivity index (χ3v) is 3.47. The predicted octanol–water partition coefficient (Wildman–Crippen LogP) is 4.14. The van der Waals surface area contributed by atoms with Gasteiger partial charge in [0, 0.05) is 4.47 Å². The minimum atomic E-state index is -0.918. The summed E-state index contributed by atoms with van der Waals surface area (Å²) in [5.74, 6) is -0.918. The van der Waals surface area contributed by atoms with Crippen LogP contribution in [0.15, 0.2) is 45.6 Å². The molecule has 0 radical (unpaired) electrons. The molecule has 0 aliphatic rings. The van der Waals surface area contributed by atoms with Crippen molar-refractivity contribution in [1.82, 2.24) is 0 Å². The first-order valence-electron chi connectivity index (χ1n) is 4.90. The van der Waals surface area contributed by atoms with E-state index in [1.807, 2.05) is 29.0 Å². The second-order valence-electron chi connectivity index (χ2n) is 3.43. The molecule has 0 amide bonds. The Morgan fingerprint density at radius 2 is 1.94 bits per heavy atom. The van der Waals surface area contributed by atoms with Gasteiger partial charge in [-0.1, -0.05) is 28.1 Å². The van der Waals surface area contributed by atoms with Crippen molar-refractivity contribution in [3.05, 3.63) is 56.7 Å². The van der Waals surface area contributed by atoms with E-state index in [9.17, 15) is 9.90 Å². The van der Waals surface area contributed by atoms with Gasteiger partial charge in [-0.25, -0.2) is 4.79 Å². The largest absolute Gasteiger partial charge is 0.478 e. The lowest BCUT2D eigenvalue weighted by Crippen LogP contribution is -1.99. The highest BCUT2D eigenvalue weighted by atomic mass is 79.9. The van der Waals surface area contributed by atoms with Crippen molar-refractivity contribution < 1.29 is 9.90 Å². The molecule has 0 saturated carbocycles. The molecule has 0 saturated heterocycles. The first kappa shape index (κ1) is 12.1. The smallest absolute Gasteiger partial charge is 0.336 e. The highest BCUT2D eigenvalue weighted by Crippen LogP contribution is 2.21. The number of benzene rings is 1. The fourth-order valence-corrected chi connectivity index (χ4v) is 2.30. The van der Waals surface area contributed by atoms with Gasteiger partial charge >= 0.3 is 5.97 Å². The van der Waals surface area contributed by atoms with Crippen molar-refractivity contribution in [2.24, 2.45) is 0 Å². The van der Waals surface area contributed by atoms with E-state index in [0.29, 0.717) is 11.1 Å². The van der Waals surface area contributed by atoms with Crippen molar-refractivity contribution in [2.75, 3.05) is 0 Å². The van der Waals surface area contributed by atoms with E-state index < -0.39 is 5.97 Å². The Kier molecular flexibility index (Phi) is 3.76. The topological polar surface area (TPSA) is 37.3 Å². The fourth-order valence-electron chi connectivity index (χ4n) is 1.42. The van der Waals surface area contributed by atoms with Gasteiger partial charge in [-0.2, -0.15) is 11.3 Å². The van der Waals surface area contributed by atoms with Crippen molar-refractivity contribution in [3.8, 4) is 0 Å². The minimum absolute atomic E-state index is 0.302. The SMILES string of the molecule is O=C(O)/C(=C/c1ccsc1)c1ccc(Br)cc1. The Morgan fingerprint density at radius 3 is 2.47 bits per heavy atom. The molecule has 1 aromatic heterocycles. The number of aliphatic carboxylic acids is 1. The minimum Gasteiger partial charge on any atom is -0.478 e. The Bertz CT molecular complexity index is 541. The summed E-state index contributed by atoms with van der Waals surface area (Å²) >= 11 is 4.87. The molecular weight excluding hydrogens is 300 g/mol. The predicted molar refractivity (Wildman–Crippen MR) is 74.0 cm³/mol. The first-order valence-corrected chi connectivity index (χ1v) is 6.63. The molecule has 2 rings (SSSR count). The van der Waals surface area contributed by atoms with Gasteiger partial charge in [-0.15, -0.1) is 0 Å². The molecule has 0 aliphatic carbocycles. The van der Waals surface area contributed by atoms with Gasteiger partial charge in [0.05, 0.1) is 5.57 Å². The quantitative estimate of drug-likeness (QED) is 0.865. The summed E-state index contributed by atoms with van der Waals surface area (Å²) in [5, 5.41) is 13.1. The molecule has 1 heterocycles. The van der Waals surface area contributed by atoms with E-state index in [0.717, 1.165) is 10.0 Å². The molecular formula is C13H9BrO2S. The summed E-state index contributed by atoms with van der Waals surface area (Å²) in [7, 11) is 0. The Labute approximate surface area is 111 Å². The standard InChI is InChI=1S/C13H9BrO2S/c14-11-3-1-10(2-4-11)12(13(15)16)7-9-5-6-17-8-9/h1-8H,(H,15,16)/b12-7+. The molecule has 2 aromatic rings. The van der Waals surface area contributed by atoms with Gasteiger partial charge in [0.2, 0.25) is 0 Å². The molecule has 2 nitrogen and oxygen atoms in total. The number of hydrogen-bond acceptors (Lipinski definition) is 2. The summed E-state index contributed by atoms with van der Waals surface area (Å²) in [4.78, 5) is 11.2. The molecule has 4 heteroatoms. The number of hydrogen-bond donors (Lipinski definition) is 1. The van der Waals surface area contributed by atoms with Crippen LogP contribution in [0.25, 0.3) is 11.6 Å². The molecule has 17 heavy (non-hydrogen) atoms. The van der Waals surface area contributed by atoms with E-state index in [1.165, 1.54) is 0 Å². The average molecular weight is 309 g/mol.